The second-order valence-electron chi connectivity index (χ2n) is 1.95. The molecule has 1 radical (unpaired) electrons. The third-order valence-corrected chi connectivity index (χ3v) is 1.24. The van der Waals surface area contributed by atoms with E-state index in [0.717, 1.165) is 0 Å². The van der Waals surface area contributed by atoms with Crippen LogP contribution < -0.4 is 0 Å². The zero-order valence-corrected chi connectivity index (χ0v) is 10.8. The second-order valence-corrected chi connectivity index (χ2v) is 1.95. The molecular weight excluding hydrogens is 355 g/mol. The number of hydrogen-bond acceptors (Lipinski definition) is 2. The Bertz CT molecular complexity index is 221. The normalized spacial score (nSPS) is 8.45. The Hall–Kier alpha value is 0.292. The molecule has 1 N–H and O–H groups in total. The van der Waals surface area contributed by atoms with Gasteiger partial charge >= 0.3 is 0 Å². The van der Waals surface area contributed by atoms with Crippen molar-refractivity contribution in [2.75, 3.05) is 6.61 Å². The largest absolute Gasteiger partial charge is 0.388 e. The quantitative estimate of drug-likeness (QED) is 0.792. The van der Waals surface area contributed by atoms with Gasteiger partial charge in [-0.15, -0.1) is 0 Å². The third kappa shape index (κ3) is 3.46. The molecule has 0 bridgehead atoms. The van der Waals surface area contributed by atoms with E-state index in [9.17, 15) is 4.79 Å². The Morgan fingerprint density at radius 3 is 2.27 bits per heavy atom. The standard InChI is InChI=1S/C8H8O2.Ac/c9-6-8(10)7-4-2-1-3-5-7;/h1-5,9H,6H2;. The Balaban J connectivity index is 0.000001000. The van der Waals surface area contributed by atoms with Crippen molar-refractivity contribution in [1.29, 1.82) is 0 Å². The molecule has 0 aromatic heterocycles. The zero-order chi connectivity index (χ0) is 7.40. The first kappa shape index (κ1) is 11.3. The summed E-state index contributed by atoms with van der Waals surface area (Å²) in [6.45, 7) is -0.413. The number of Topliss-reactive ketones (excluding diaryl/α,β-unsaturated/α-hetero) is 1. The van der Waals surface area contributed by atoms with Gasteiger partial charge in [-0.1, -0.05) is 30.3 Å². The van der Waals surface area contributed by atoms with Gasteiger partial charge in [0.25, 0.3) is 0 Å². The molecule has 11 heavy (non-hydrogen) atoms. The summed E-state index contributed by atoms with van der Waals surface area (Å²) in [6, 6.07) is 8.72. The van der Waals surface area contributed by atoms with Gasteiger partial charge in [0.1, 0.15) is 6.61 Å². The van der Waals surface area contributed by atoms with E-state index in [1.165, 1.54) is 0 Å². The fourth-order valence-electron chi connectivity index (χ4n) is 0.715. The molecule has 0 saturated heterocycles. The Kier molecular flexibility index (Phi) is 6.04. The van der Waals surface area contributed by atoms with Crippen molar-refractivity contribution < 1.29 is 54.0 Å². The first-order valence-electron chi connectivity index (χ1n) is 3.03. The smallest absolute Gasteiger partial charge is 0.188 e. The van der Waals surface area contributed by atoms with Crippen molar-refractivity contribution in [1.82, 2.24) is 0 Å². The van der Waals surface area contributed by atoms with Gasteiger partial charge in [-0.2, -0.15) is 0 Å². The van der Waals surface area contributed by atoms with Crippen LogP contribution >= 0.6 is 0 Å². The summed E-state index contributed by atoms with van der Waals surface area (Å²) < 4.78 is 0. The van der Waals surface area contributed by atoms with Crippen LogP contribution in [0.4, 0.5) is 0 Å². The molecular formula is C8H8AcO2. The fraction of sp³-hybridized carbons (Fsp3) is 0.125. The van der Waals surface area contributed by atoms with Crippen molar-refractivity contribution in [3.05, 3.63) is 35.9 Å². The van der Waals surface area contributed by atoms with Crippen LogP contribution in [0.2, 0.25) is 0 Å². The summed E-state index contributed by atoms with van der Waals surface area (Å²) in [5, 5.41) is 8.44. The van der Waals surface area contributed by atoms with Gasteiger partial charge in [-0.05, 0) is 0 Å². The SMILES string of the molecule is O=C(CO)c1ccccc1.[Ac]. The first-order valence-corrected chi connectivity index (χ1v) is 3.03. The van der Waals surface area contributed by atoms with E-state index < -0.39 is 6.61 Å². The van der Waals surface area contributed by atoms with Crippen LogP contribution in [-0.2, 0) is 0 Å². The summed E-state index contributed by atoms with van der Waals surface area (Å²) in [7, 11) is 0. The van der Waals surface area contributed by atoms with E-state index in [-0.39, 0.29) is 49.8 Å². The Morgan fingerprint density at radius 2 is 1.82 bits per heavy atom. The fourth-order valence-corrected chi connectivity index (χ4v) is 0.715. The topological polar surface area (TPSA) is 37.3 Å². The molecule has 0 spiro atoms. The molecule has 0 aliphatic heterocycles. The van der Waals surface area contributed by atoms with Crippen LogP contribution in [0.25, 0.3) is 0 Å². The van der Waals surface area contributed by atoms with Crippen molar-refractivity contribution in [3.63, 3.8) is 0 Å². The number of benzene rings is 1. The van der Waals surface area contributed by atoms with Crippen molar-refractivity contribution >= 4 is 5.78 Å². The molecule has 1 aromatic carbocycles. The van der Waals surface area contributed by atoms with Crippen molar-refractivity contribution in [2.24, 2.45) is 0 Å². The number of carbonyl (C=O) groups excluding carboxylic acids is 1. The van der Waals surface area contributed by atoms with Gasteiger partial charge in [0, 0.05) is 49.6 Å². The predicted molar refractivity (Wildman–Crippen MR) is 37.9 cm³/mol. The molecule has 0 amide bonds. The number of rotatable bonds is 2. The first-order chi connectivity index (χ1) is 4.84. The molecule has 0 aliphatic rings. The van der Waals surface area contributed by atoms with Crippen LogP contribution in [0, 0.1) is 44.1 Å². The molecule has 2 nitrogen and oxygen atoms in total. The van der Waals surface area contributed by atoms with Crippen LogP contribution in [0.1, 0.15) is 10.4 Å². The van der Waals surface area contributed by atoms with Crippen LogP contribution in [0.5, 0.6) is 0 Å². The monoisotopic (exact) mass is 363 g/mol. The van der Waals surface area contributed by atoms with Crippen molar-refractivity contribution in [2.45, 2.75) is 0 Å². The Morgan fingerprint density at radius 1 is 1.27 bits per heavy atom. The molecule has 3 heteroatoms. The van der Waals surface area contributed by atoms with E-state index in [1.807, 2.05) is 6.07 Å². The number of carbonyl (C=O) groups is 1. The maximum atomic E-state index is 10.8. The number of aliphatic hydroxyl groups is 1. The molecule has 0 saturated carbocycles. The Labute approximate surface area is 101 Å². The summed E-state index contributed by atoms with van der Waals surface area (Å²) in [6.07, 6.45) is 0. The summed E-state index contributed by atoms with van der Waals surface area (Å²) >= 11 is 0. The number of hydrogen-bond donors (Lipinski definition) is 1. The molecule has 1 aromatic rings. The average Bonchev–Trinajstić information content (AvgIpc) is 2.05. The second kappa shape index (κ2) is 5.88. The molecule has 0 unspecified atom stereocenters. The minimum Gasteiger partial charge on any atom is -0.388 e. The van der Waals surface area contributed by atoms with E-state index in [1.54, 1.807) is 24.3 Å². The van der Waals surface area contributed by atoms with Gasteiger partial charge in [0.2, 0.25) is 0 Å². The van der Waals surface area contributed by atoms with Gasteiger partial charge < -0.3 is 5.11 Å². The molecule has 55 valence electrons. The minimum absolute atomic E-state index is 0. The van der Waals surface area contributed by atoms with Gasteiger partial charge in [0.15, 0.2) is 5.78 Å². The minimum atomic E-state index is -0.413. The predicted octanol–water partition coefficient (Wildman–Crippen LogP) is 0.862. The summed E-state index contributed by atoms with van der Waals surface area (Å²) in [4.78, 5) is 10.8. The van der Waals surface area contributed by atoms with Gasteiger partial charge in [-0.3, -0.25) is 4.79 Å². The summed E-state index contributed by atoms with van der Waals surface area (Å²) in [5.41, 5.74) is 0.560. The third-order valence-electron chi connectivity index (χ3n) is 1.24. The summed E-state index contributed by atoms with van der Waals surface area (Å²) in [5.74, 6) is -0.236. The zero-order valence-electron chi connectivity index (χ0n) is 6.03. The van der Waals surface area contributed by atoms with E-state index in [4.69, 9.17) is 5.11 Å². The maximum Gasteiger partial charge on any atom is 0.188 e. The molecule has 0 fully saturated rings. The number of aliphatic hydroxyl groups excluding tert-OH is 1. The van der Waals surface area contributed by atoms with Crippen LogP contribution in [0.3, 0.4) is 0 Å². The maximum absolute atomic E-state index is 10.8. The van der Waals surface area contributed by atoms with E-state index in [2.05, 4.69) is 0 Å². The average molecular weight is 363 g/mol. The van der Waals surface area contributed by atoms with Crippen molar-refractivity contribution in [3.8, 4) is 0 Å². The number of ketones is 1. The molecule has 0 atom stereocenters. The van der Waals surface area contributed by atoms with E-state index >= 15 is 0 Å². The van der Waals surface area contributed by atoms with Crippen LogP contribution in [0.15, 0.2) is 30.3 Å². The molecule has 1 rings (SSSR count). The molecule has 0 aliphatic carbocycles. The van der Waals surface area contributed by atoms with Gasteiger partial charge in [-0.25, -0.2) is 0 Å². The van der Waals surface area contributed by atoms with Gasteiger partial charge in [0.05, 0.1) is 0 Å². The van der Waals surface area contributed by atoms with E-state index in [0.29, 0.717) is 5.56 Å². The van der Waals surface area contributed by atoms with Crippen LogP contribution in [-0.4, -0.2) is 17.5 Å². The molecule has 0 heterocycles.